The maximum atomic E-state index is 12.2. The third kappa shape index (κ3) is 3.49. The van der Waals surface area contributed by atoms with Crippen LogP contribution in [0.5, 0.6) is 0 Å². The van der Waals surface area contributed by atoms with Crippen molar-refractivity contribution in [3.05, 3.63) is 64.3 Å². The number of aryl methyl sites for hydroxylation is 1. The van der Waals surface area contributed by atoms with Crippen molar-refractivity contribution in [2.75, 3.05) is 11.9 Å². The second kappa shape index (κ2) is 6.88. The maximum Gasteiger partial charge on any atom is 0.375 e. The average Bonchev–Trinajstić information content (AvgIpc) is 2.90. The van der Waals surface area contributed by atoms with Crippen LogP contribution in [0.1, 0.15) is 16.1 Å². The Labute approximate surface area is 146 Å². The summed E-state index contributed by atoms with van der Waals surface area (Å²) in [6.07, 6.45) is 0. The third-order valence-electron chi connectivity index (χ3n) is 3.48. The minimum absolute atomic E-state index is 0.107. The molecule has 3 aromatic rings. The summed E-state index contributed by atoms with van der Waals surface area (Å²) < 4.78 is 11.5. The number of ether oxygens (including phenoxy) is 1. The van der Waals surface area contributed by atoms with Crippen molar-refractivity contribution in [1.29, 1.82) is 0 Å². The fourth-order valence-corrected chi connectivity index (χ4v) is 2.66. The Bertz CT molecular complexity index is 902. The Hall–Kier alpha value is -2.60. The number of furan rings is 1. The van der Waals surface area contributed by atoms with Crippen molar-refractivity contribution in [1.82, 2.24) is 0 Å². The van der Waals surface area contributed by atoms with Crippen molar-refractivity contribution in [3.63, 3.8) is 0 Å². The van der Waals surface area contributed by atoms with Crippen molar-refractivity contribution in [2.45, 2.75) is 6.92 Å². The van der Waals surface area contributed by atoms with Crippen LogP contribution >= 0.6 is 15.9 Å². The fourth-order valence-electron chi connectivity index (χ4n) is 2.30. The monoisotopic (exact) mass is 387 g/mol. The molecular formula is C18H14BrNO4. The van der Waals surface area contributed by atoms with Crippen molar-refractivity contribution in [2.24, 2.45) is 0 Å². The molecule has 1 amide bonds. The molecule has 0 saturated heterocycles. The lowest BCUT2D eigenvalue weighted by Gasteiger charge is -2.05. The summed E-state index contributed by atoms with van der Waals surface area (Å²) >= 11 is 3.38. The van der Waals surface area contributed by atoms with Gasteiger partial charge in [0, 0.05) is 21.1 Å². The number of para-hydroxylation sites is 1. The van der Waals surface area contributed by atoms with Gasteiger partial charge in [0.1, 0.15) is 5.58 Å². The lowest BCUT2D eigenvalue weighted by atomic mass is 10.1. The van der Waals surface area contributed by atoms with E-state index in [1.165, 1.54) is 0 Å². The number of anilines is 1. The van der Waals surface area contributed by atoms with Gasteiger partial charge in [-0.05, 0) is 37.3 Å². The molecule has 0 aliphatic rings. The molecule has 6 heteroatoms. The molecule has 24 heavy (non-hydrogen) atoms. The van der Waals surface area contributed by atoms with Crippen LogP contribution < -0.4 is 5.32 Å². The van der Waals surface area contributed by atoms with Crippen LogP contribution in [0, 0.1) is 6.92 Å². The number of rotatable bonds is 4. The summed E-state index contributed by atoms with van der Waals surface area (Å²) in [5, 5.41) is 3.47. The molecule has 5 nitrogen and oxygen atoms in total. The molecule has 0 saturated carbocycles. The van der Waals surface area contributed by atoms with Gasteiger partial charge in [0.25, 0.3) is 5.91 Å². The van der Waals surface area contributed by atoms with Crippen molar-refractivity contribution in [3.8, 4) is 0 Å². The number of esters is 1. The highest BCUT2D eigenvalue weighted by atomic mass is 79.9. The van der Waals surface area contributed by atoms with Gasteiger partial charge >= 0.3 is 5.97 Å². The van der Waals surface area contributed by atoms with E-state index in [9.17, 15) is 9.59 Å². The number of carbonyl (C=O) groups excluding carboxylic acids is 2. The van der Waals surface area contributed by atoms with E-state index in [2.05, 4.69) is 21.2 Å². The van der Waals surface area contributed by atoms with E-state index in [0.29, 0.717) is 16.8 Å². The number of amides is 1. The summed E-state index contributed by atoms with van der Waals surface area (Å²) in [6.45, 7) is 1.40. The highest BCUT2D eigenvalue weighted by Gasteiger charge is 2.20. The van der Waals surface area contributed by atoms with E-state index in [0.717, 1.165) is 9.86 Å². The number of halogens is 1. The molecule has 0 radical (unpaired) electrons. The van der Waals surface area contributed by atoms with Crippen LogP contribution in [0.15, 0.2) is 57.4 Å². The topological polar surface area (TPSA) is 68.5 Å². The zero-order valence-electron chi connectivity index (χ0n) is 12.8. The molecule has 0 fully saturated rings. The number of fused-ring (bicyclic) bond motifs is 1. The molecule has 1 N–H and O–H groups in total. The lowest BCUT2D eigenvalue weighted by Crippen LogP contribution is -2.20. The summed E-state index contributed by atoms with van der Waals surface area (Å²) in [5.41, 5.74) is 1.92. The quantitative estimate of drug-likeness (QED) is 0.677. The first kappa shape index (κ1) is 16.3. The van der Waals surface area contributed by atoms with Crippen LogP contribution in [0.2, 0.25) is 0 Å². The first-order chi connectivity index (χ1) is 11.5. The largest absolute Gasteiger partial charge is 0.450 e. The van der Waals surface area contributed by atoms with Crippen LogP contribution in [-0.4, -0.2) is 18.5 Å². The highest BCUT2D eigenvalue weighted by Crippen LogP contribution is 2.28. The average molecular weight is 388 g/mol. The second-order valence-electron chi connectivity index (χ2n) is 5.19. The van der Waals surface area contributed by atoms with Gasteiger partial charge in [-0.1, -0.05) is 34.1 Å². The van der Waals surface area contributed by atoms with Gasteiger partial charge in [0.05, 0.1) is 0 Å². The summed E-state index contributed by atoms with van der Waals surface area (Å²) in [6, 6.07) is 14.4. The SMILES string of the molecule is Cc1c(C(=O)OCC(=O)Nc2ccccc2)oc2ccc(Br)cc12. The van der Waals surface area contributed by atoms with E-state index in [1.807, 2.05) is 18.2 Å². The Kier molecular flexibility index (Phi) is 4.66. The molecule has 3 rings (SSSR count). The van der Waals surface area contributed by atoms with Gasteiger partial charge in [-0.25, -0.2) is 4.79 Å². The minimum atomic E-state index is -0.664. The first-order valence-corrected chi connectivity index (χ1v) is 8.04. The van der Waals surface area contributed by atoms with E-state index >= 15 is 0 Å². The van der Waals surface area contributed by atoms with Gasteiger partial charge in [0.15, 0.2) is 6.61 Å². The van der Waals surface area contributed by atoms with Crippen LogP contribution in [0.4, 0.5) is 5.69 Å². The number of nitrogens with one attached hydrogen (secondary N) is 1. The number of hydrogen-bond donors (Lipinski definition) is 1. The predicted molar refractivity (Wildman–Crippen MR) is 94.0 cm³/mol. The van der Waals surface area contributed by atoms with Crippen LogP contribution in [0.3, 0.4) is 0 Å². The van der Waals surface area contributed by atoms with Crippen LogP contribution in [0.25, 0.3) is 11.0 Å². The Morgan fingerprint density at radius 2 is 1.92 bits per heavy atom. The van der Waals surface area contributed by atoms with E-state index in [-0.39, 0.29) is 12.4 Å². The van der Waals surface area contributed by atoms with Gasteiger partial charge in [0.2, 0.25) is 5.76 Å². The summed E-state index contributed by atoms with van der Waals surface area (Å²) in [5.74, 6) is -0.968. The molecule has 1 heterocycles. The third-order valence-corrected chi connectivity index (χ3v) is 3.97. The zero-order chi connectivity index (χ0) is 17.1. The first-order valence-electron chi connectivity index (χ1n) is 7.25. The number of hydrogen-bond acceptors (Lipinski definition) is 4. The molecule has 0 aliphatic carbocycles. The normalized spacial score (nSPS) is 10.6. The maximum absolute atomic E-state index is 12.2. The molecule has 0 aliphatic heterocycles. The number of benzene rings is 2. The molecule has 122 valence electrons. The molecule has 0 unspecified atom stereocenters. The van der Waals surface area contributed by atoms with Gasteiger partial charge in [-0.15, -0.1) is 0 Å². The summed E-state index contributed by atoms with van der Waals surface area (Å²) in [7, 11) is 0. The molecule has 2 aromatic carbocycles. The molecule has 0 atom stereocenters. The van der Waals surface area contributed by atoms with Gasteiger partial charge in [-0.2, -0.15) is 0 Å². The molecule has 0 spiro atoms. The Morgan fingerprint density at radius 3 is 2.67 bits per heavy atom. The van der Waals surface area contributed by atoms with Crippen LogP contribution in [-0.2, 0) is 9.53 Å². The van der Waals surface area contributed by atoms with E-state index in [4.69, 9.17) is 9.15 Å². The zero-order valence-corrected chi connectivity index (χ0v) is 14.4. The smallest absolute Gasteiger partial charge is 0.375 e. The molecule has 1 aromatic heterocycles. The Morgan fingerprint density at radius 1 is 1.17 bits per heavy atom. The molecule has 0 bridgehead atoms. The van der Waals surface area contributed by atoms with Crippen molar-refractivity contribution < 1.29 is 18.7 Å². The molecular weight excluding hydrogens is 374 g/mol. The number of carbonyl (C=O) groups is 2. The van der Waals surface area contributed by atoms with Gasteiger partial charge < -0.3 is 14.5 Å². The fraction of sp³-hybridized carbons (Fsp3) is 0.111. The van der Waals surface area contributed by atoms with Crippen molar-refractivity contribution >= 4 is 44.5 Å². The Balaban J connectivity index is 1.67. The minimum Gasteiger partial charge on any atom is -0.450 e. The van der Waals surface area contributed by atoms with E-state index in [1.54, 1.807) is 37.3 Å². The van der Waals surface area contributed by atoms with Gasteiger partial charge in [-0.3, -0.25) is 4.79 Å². The summed E-state index contributed by atoms with van der Waals surface area (Å²) in [4.78, 5) is 24.0. The van der Waals surface area contributed by atoms with E-state index < -0.39 is 11.9 Å². The highest BCUT2D eigenvalue weighted by molar-refractivity contribution is 9.10. The predicted octanol–water partition coefficient (Wildman–Crippen LogP) is 4.30. The second-order valence-corrected chi connectivity index (χ2v) is 6.10. The lowest BCUT2D eigenvalue weighted by molar-refractivity contribution is -0.119. The standard InChI is InChI=1S/C18H14BrNO4/c1-11-14-9-12(19)7-8-15(14)24-17(11)18(22)23-10-16(21)20-13-5-3-2-4-6-13/h2-9H,10H2,1H3,(H,20,21).